The summed E-state index contributed by atoms with van der Waals surface area (Å²) in [5.41, 5.74) is 1.05. The van der Waals surface area contributed by atoms with Gasteiger partial charge in [0.1, 0.15) is 17.0 Å². The molecule has 0 unspecified atom stereocenters. The van der Waals surface area contributed by atoms with Gasteiger partial charge in [0.05, 0.1) is 13.2 Å². The molecule has 190 valence electrons. The number of carbonyl (C=O) groups is 1. The molecule has 36 heavy (non-hydrogen) atoms. The van der Waals surface area contributed by atoms with Crippen molar-refractivity contribution in [2.45, 2.75) is 32.5 Å². The molecule has 1 saturated heterocycles. The van der Waals surface area contributed by atoms with E-state index in [1.807, 2.05) is 24.3 Å². The summed E-state index contributed by atoms with van der Waals surface area (Å²) in [6.45, 7) is 5.50. The van der Waals surface area contributed by atoms with Crippen LogP contribution in [0.5, 0.6) is 0 Å². The van der Waals surface area contributed by atoms with Crippen molar-refractivity contribution in [3.8, 4) is 11.5 Å². The van der Waals surface area contributed by atoms with Gasteiger partial charge in [0.15, 0.2) is 5.76 Å². The lowest BCUT2D eigenvalue weighted by Gasteiger charge is -2.28. The van der Waals surface area contributed by atoms with E-state index in [4.69, 9.17) is 9.15 Å². The number of hydrogen-bond acceptors (Lipinski definition) is 7. The second-order valence-electron chi connectivity index (χ2n) is 8.70. The first-order valence-corrected chi connectivity index (χ1v) is 11.9. The SMILES string of the molecule is CCC(=O)N1CCc2oc(-c3nc(Nc4ccc(N5CCOCC5)cc4)ncc3C(F)(F)F)cc2C1. The molecule has 2 aliphatic rings. The van der Waals surface area contributed by atoms with E-state index in [1.165, 1.54) is 0 Å². The second-order valence-corrected chi connectivity index (χ2v) is 8.70. The Morgan fingerprint density at radius 2 is 1.89 bits per heavy atom. The summed E-state index contributed by atoms with van der Waals surface area (Å²) in [5, 5.41) is 2.99. The Hall–Kier alpha value is -3.60. The van der Waals surface area contributed by atoms with Gasteiger partial charge in [0.25, 0.3) is 0 Å². The molecule has 4 heterocycles. The van der Waals surface area contributed by atoms with Crippen molar-refractivity contribution in [3.63, 3.8) is 0 Å². The third-order valence-corrected chi connectivity index (χ3v) is 6.35. The summed E-state index contributed by atoms with van der Waals surface area (Å²) in [4.78, 5) is 24.1. The van der Waals surface area contributed by atoms with Crippen molar-refractivity contribution in [1.82, 2.24) is 14.9 Å². The van der Waals surface area contributed by atoms with E-state index in [-0.39, 0.29) is 23.3 Å². The zero-order valence-electron chi connectivity index (χ0n) is 19.8. The molecule has 1 fully saturated rings. The van der Waals surface area contributed by atoms with Gasteiger partial charge >= 0.3 is 6.18 Å². The molecule has 1 N–H and O–H groups in total. The fourth-order valence-corrected chi connectivity index (χ4v) is 4.43. The van der Waals surface area contributed by atoms with Gasteiger partial charge in [0.2, 0.25) is 11.9 Å². The molecule has 2 aliphatic heterocycles. The number of anilines is 3. The van der Waals surface area contributed by atoms with E-state index < -0.39 is 11.7 Å². The van der Waals surface area contributed by atoms with Gasteiger partial charge in [-0.25, -0.2) is 9.97 Å². The summed E-state index contributed by atoms with van der Waals surface area (Å²) in [6.07, 6.45) is -3.09. The lowest BCUT2D eigenvalue weighted by molar-refractivity contribution is -0.137. The molecule has 0 saturated carbocycles. The third kappa shape index (κ3) is 5.01. The summed E-state index contributed by atoms with van der Waals surface area (Å²) < 4.78 is 52.6. The van der Waals surface area contributed by atoms with Crippen molar-refractivity contribution >= 4 is 23.2 Å². The van der Waals surface area contributed by atoms with Crippen LogP contribution in [0.3, 0.4) is 0 Å². The fraction of sp³-hybridized carbons (Fsp3) is 0.400. The molecule has 0 bridgehead atoms. The molecule has 8 nitrogen and oxygen atoms in total. The van der Waals surface area contributed by atoms with Gasteiger partial charge in [0, 0.05) is 62.2 Å². The molecular formula is C25H26F3N5O3. The highest BCUT2D eigenvalue weighted by molar-refractivity contribution is 5.76. The molecule has 0 atom stereocenters. The maximum absolute atomic E-state index is 13.8. The Morgan fingerprint density at radius 1 is 1.14 bits per heavy atom. The first-order chi connectivity index (χ1) is 17.3. The maximum Gasteiger partial charge on any atom is 0.420 e. The van der Waals surface area contributed by atoms with Crippen LogP contribution in [-0.4, -0.2) is 53.6 Å². The highest BCUT2D eigenvalue weighted by atomic mass is 19.4. The molecular weight excluding hydrogens is 475 g/mol. The molecule has 0 aliphatic carbocycles. The predicted octanol–water partition coefficient (Wildman–Crippen LogP) is 4.63. The molecule has 0 radical (unpaired) electrons. The third-order valence-electron chi connectivity index (χ3n) is 6.35. The summed E-state index contributed by atoms with van der Waals surface area (Å²) >= 11 is 0. The van der Waals surface area contributed by atoms with Crippen LogP contribution >= 0.6 is 0 Å². The zero-order chi connectivity index (χ0) is 25.3. The average Bonchev–Trinajstić information content (AvgIpc) is 3.32. The Balaban J connectivity index is 1.41. The first-order valence-electron chi connectivity index (χ1n) is 11.9. The van der Waals surface area contributed by atoms with E-state index in [0.29, 0.717) is 56.2 Å². The van der Waals surface area contributed by atoms with Crippen LogP contribution in [0.25, 0.3) is 11.5 Å². The molecule has 2 aromatic heterocycles. The largest absolute Gasteiger partial charge is 0.459 e. The Kier molecular flexibility index (Phi) is 6.57. The van der Waals surface area contributed by atoms with Gasteiger partial charge in [-0.1, -0.05) is 6.92 Å². The number of amides is 1. The van der Waals surface area contributed by atoms with E-state index in [2.05, 4.69) is 20.2 Å². The monoisotopic (exact) mass is 501 g/mol. The minimum absolute atomic E-state index is 0.00578. The maximum atomic E-state index is 13.8. The number of morpholine rings is 1. The van der Waals surface area contributed by atoms with Crippen LogP contribution < -0.4 is 10.2 Å². The van der Waals surface area contributed by atoms with E-state index in [0.717, 1.165) is 25.0 Å². The summed E-state index contributed by atoms with van der Waals surface area (Å²) in [5.74, 6) is 0.596. The van der Waals surface area contributed by atoms with Crippen LogP contribution in [0.1, 0.15) is 30.2 Å². The van der Waals surface area contributed by atoms with Crippen molar-refractivity contribution in [2.75, 3.05) is 43.1 Å². The summed E-state index contributed by atoms with van der Waals surface area (Å²) in [7, 11) is 0. The number of nitrogens with one attached hydrogen (secondary N) is 1. The molecule has 5 rings (SSSR count). The second kappa shape index (κ2) is 9.81. The number of aromatic nitrogens is 2. The normalized spacial score (nSPS) is 16.1. The van der Waals surface area contributed by atoms with Crippen LogP contribution in [-0.2, 0) is 28.7 Å². The average molecular weight is 502 g/mol. The van der Waals surface area contributed by atoms with Gasteiger partial charge < -0.3 is 24.3 Å². The quantitative estimate of drug-likeness (QED) is 0.546. The Bertz CT molecular complexity index is 1240. The van der Waals surface area contributed by atoms with Gasteiger partial charge in [-0.3, -0.25) is 4.79 Å². The number of alkyl halides is 3. The lowest BCUT2D eigenvalue weighted by atomic mass is 10.1. The van der Waals surface area contributed by atoms with Crippen LogP contribution in [0.15, 0.2) is 40.9 Å². The van der Waals surface area contributed by atoms with Crippen molar-refractivity contribution in [1.29, 1.82) is 0 Å². The summed E-state index contributed by atoms with van der Waals surface area (Å²) in [6, 6.07) is 9.07. The molecule has 1 aromatic carbocycles. The van der Waals surface area contributed by atoms with Crippen molar-refractivity contribution < 1.29 is 27.1 Å². The highest BCUT2D eigenvalue weighted by Crippen LogP contribution is 2.38. The molecule has 1 amide bonds. The first kappa shape index (κ1) is 24.1. The minimum atomic E-state index is -4.66. The number of nitrogens with zero attached hydrogens (tertiary/aromatic N) is 4. The standard InChI is InChI=1S/C25H26F3N5O3/c1-2-22(34)33-8-7-20-16(15-33)13-21(36-20)23-19(25(26,27)28)14-29-24(31-23)30-17-3-5-18(6-4-17)32-9-11-35-12-10-32/h3-6,13-14H,2,7-12,15H2,1H3,(H,29,30,31). The molecule has 11 heteroatoms. The van der Waals surface area contributed by atoms with Crippen LogP contribution in [0.2, 0.25) is 0 Å². The number of fused-ring (bicyclic) bond motifs is 1. The fourth-order valence-electron chi connectivity index (χ4n) is 4.43. The Labute approximate surface area is 206 Å². The van der Waals surface area contributed by atoms with Gasteiger partial charge in [-0.15, -0.1) is 0 Å². The highest BCUT2D eigenvalue weighted by Gasteiger charge is 2.37. The van der Waals surface area contributed by atoms with E-state index in [1.54, 1.807) is 17.9 Å². The topological polar surface area (TPSA) is 83.7 Å². The minimum Gasteiger partial charge on any atom is -0.459 e. The number of furan rings is 1. The number of carbonyl (C=O) groups excluding carboxylic acids is 1. The number of benzene rings is 1. The Morgan fingerprint density at radius 3 is 2.58 bits per heavy atom. The van der Waals surface area contributed by atoms with Crippen LogP contribution in [0.4, 0.5) is 30.5 Å². The van der Waals surface area contributed by atoms with Crippen molar-refractivity contribution in [2.24, 2.45) is 0 Å². The number of halogens is 3. The van der Waals surface area contributed by atoms with Gasteiger partial charge in [-0.2, -0.15) is 13.2 Å². The van der Waals surface area contributed by atoms with Crippen molar-refractivity contribution in [3.05, 3.63) is 53.4 Å². The zero-order valence-corrected chi connectivity index (χ0v) is 19.8. The van der Waals surface area contributed by atoms with Gasteiger partial charge in [-0.05, 0) is 30.3 Å². The molecule has 0 spiro atoms. The lowest BCUT2D eigenvalue weighted by Crippen LogP contribution is -2.36. The smallest absolute Gasteiger partial charge is 0.420 e. The predicted molar refractivity (Wildman–Crippen MR) is 127 cm³/mol. The van der Waals surface area contributed by atoms with E-state index >= 15 is 0 Å². The number of ether oxygens (including phenoxy) is 1. The number of rotatable bonds is 5. The number of hydrogen-bond donors (Lipinski definition) is 1. The van der Waals surface area contributed by atoms with E-state index in [9.17, 15) is 18.0 Å². The molecule has 3 aromatic rings. The van der Waals surface area contributed by atoms with Crippen LogP contribution in [0, 0.1) is 0 Å².